The van der Waals surface area contributed by atoms with Crippen LogP contribution in [0.25, 0.3) is 0 Å². The maximum atomic E-state index is 6.15. The second-order valence-corrected chi connectivity index (χ2v) is 7.38. The predicted octanol–water partition coefficient (Wildman–Crippen LogP) is 4.04. The highest BCUT2D eigenvalue weighted by atomic mass is 127. The smallest absolute Gasteiger partial charge is 0.191 e. The summed E-state index contributed by atoms with van der Waals surface area (Å²) < 4.78 is 7.34. The molecule has 3 rings (SSSR count). The van der Waals surface area contributed by atoms with E-state index in [2.05, 4.69) is 46.7 Å². The summed E-state index contributed by atoms with van der Waals surface area (Å²) >= 11 is 12.3. The van der Waals surface area contributed by atoms with Crippen molar-refractivity contribution >= 4 is 58.8 Å². The summed E-state index contributed by atoms with van der Waals surface area (Å²) in [6, 6.07) is 10.3. The summed E-state index contributed by atoms with van der Waals surface area (Å²) in [5.74, 6) is 0.757. The minimum Gasteiger partial charge on any atom is -0.378 e. The van der Waals surface area contributed by atoms with E-state index < -0.39 is 0 Å². The molecule has 1 aromatic carbocycles. The maximum Gasteiger partial charge on any atom is 0.191 e. The summed E-state index contributed by atoms with van der Waals surface area (Å²) in [5, 5.41) is 7.75. The number of aromatic nitrogens is 1. The number of hydrogen-bond donors (Lipinski definition) is 2. The highest BCUT2D eigenvalue weighted by Crippen LogP contribution is 2.25. The first-order chi connectivity index (χ1) is 13.6. The van der Waals surface area contributed by atoms with E-state index >= 15 is 0 Å². The summed E-state index contributed by atoms with van der Waals surface area (Å²) in [6.45, 7) is 7.37. The molecule has 160 valence electrons. The van der Waals surface area contributed by atoms with Gasteiger partial charge in [0.25, 0.3) is 0 Å². The standard InChI is InChI=1S/C20H27Cl2N5O.HI/c1-3-23-20(25-14-16-12-17(21)19(22)26(16)2)24-13-15-6-4-5-7-18(15)27-8-10-28-11-9-27;/h4-7,12H,3,8-11,13-14H2,1-2H3,(H2,23,24,25);1H. The molecule has 2 N–H and O–H groups in total. The fraction of sp³-hybridized carbons (Fsp3) is 0.450. The molecule has 9 heteroatoms. The van der Waals surface area contributed by atoms with Crippen molar-refractivity contribution in [3.63, 3.8) is 0 Å². The van der Waals surface area contributed by atoms with Crippen LogP contribution in [0.15, 0.2) is 35.3 Å². The highest BCUT2D eigenvalue weighted by Gasteiger charge is 2.14. The first-order valence-corrected chi connectivity index (χ1v) is 10.3. The van der Waals surface area contributed by atoms with Crippen LogP contribution in [0.1, 0.15) is 18.2 Å². The van der Waals surface area contributed by atoms with E-state index in [1.54, 1.807) is 0 Å². The zero-order chi connectivity index (χ0) is 19.9. The molecule has 0 radical (unpaired) electrons. The van der Waals surface area contributed by atoms with Gasteiger partial charge < -0.3 is 24.8 Å². The minimum absolute atomic E-state index is 0. The largest absolute Gasteiger partial charge is 0.378 e. The number of guanidine groups is 1. The van der Waals surface area contributed by atoms with Crippen molar-refractivity contribution in [1.29, 1.82) is 0 Å². The van der Waals surface area contributed by atoms with Gasteiger partial charge >= 0.3 is 0 Å². The van der Waals surface area contributed by atoms with Crippen molar-refractivity contribution in [2.45, 2.75) is 20.0 Å². The van der Waals surface area contributed by atoms with E-state index in [4.69, 9.17) is 32.9 Å². The van der Waals surface area contributed by atoms with Gasteiger partial charge in [-0.2, -0.15) is 0 Å². The molecule has 0 amide bonds. The lowest BCUT2D eigenvalue weighted by molar-refractivity contribution is 0.122. The molecule has 2 heterocycles. The Kier molecular flexibility index (Phi) is 9.88. The van der Waals surface area contributed by atoms with Crippen LogP contribution in [0.5, 0.6) is 0 Å². The summed E-state index contributed by atoms with van der Waals surface area (Å²) in [6.07, 6.45) is 0. The second kappa shape index (κ2) is 11.9. The van der Waals surface area contributed by atoms with E-state index in [0.717, 1.165) is 44.5 Å². The SMILES string of the molecule is CCNC(=NCc1ccccc1N1CCOCC1)NCc1cc(Cl)c(Cl)n1C.I. The van der Waals surface area contributed by atoms with Crippen LogP contribution in [0.3, 0.4) is 0 Å². The lowest BCUT2D eigenvalue weighted by atomic mass is 10.1. The van der Waals surface area contributed by atoms with Crippen molar-refractivity contribution in [1.82, 2.24) is 15.2 Å². The topological polar surface area (TPSA) is 53.8 Å². The third-order valence-electron chi connectivity index (χ3n) is 4.75. The first-order valence-electron chi connectivity index (χ1n) is 9.52. The van der Waals surface area contributed by atoms with Gasteiger partial charge in [-0.3, -0.25) is 0 Å². The maximum absolute atomic E-state index is 6.15. The Balaban J connectivity index is 0.00000300. The van der Waals surface area contributed by atoms with Gasteiger partial charge in [0.1, 0.15) is 5.15 Å². The van der Waals surface area contributed by atoms with E-state index in [-0.39, 0.29) is 24.0 Å². The summed E-state index contributed by atoms with van der Waals surface area (Å²) in [5.41, 5.74) is 3.42. The van der Waals surface area contributed by atoms with Gasteiger partial charge in [-0.25, -0.2) is 4.99 Å². The van der Waals surface area contributed by atoms with Crippen molar-refractivity contribution < 1.29 is 4.74 Å². The molecule has 29 heavy (non-hydrogen) atoms. The van der Waals surface area contributed by atoms with E-state index in [1.165, 1.54) is 11.3 Å². The molecule has 1 fully saturated rings. The van der Waals surface area contributed by atoms with Crippen molar-refractivity contribution in [3.8, 4) is 0 Å². The molecule has 0 atom stereocenters. The third kappa shape index (κ3) is 6.41. The first kappa shape index (κ1) is 24.1. The Bertz CT molecular complexity index is 821. The minimum atomic E-state index is 0. The van der Waals surface area contributed by atoms with E-state index in [0.29, 0.717) is 23.3 Å². The van der Waals surface area contributed by atoms with Crippen LogP contribution >= 0.6 is 47.2 Å². The number of hydrogen-bond acceptors (Lipinski definition) is 3. The highest BCUT2D eigenvalue weighted by molar-refractivity contribution is 14.0. The number of rotatable bonds is 6. The summed E-state index contributed by atoms with van der Waals surface area (Å²) in [7, 11) is 1.90. The molecule has 0 saturated carbocycles. The molecule has 1 aliphatic heterocycles. The van der Waals surface area contributed by atoms with Crippen LogP contribution in [-0.4, -0.2) is 43.4 Å². The van der Waals surface area contributed by atoms with Gasteiger partial charge in [-0.15, -0.1) is 24.0 Å². The van der Waals surface area contributed by atoms with Crippen LogP contribution in [-0.2, 0) is 24.9 Å². The van der Waals surface area contributed by atoms with Gasteiger partial charge in [-0.1, -0.05) is 41.4 Å². The molecule has 1 saturated heterocycles. The number of halogens is 3. The number of ether oxygens (including phenoxy) is 1. The monoisotopic (exact) mass is 551 g/mol. The number of nitrogens with zero attached hydrogens (tertiary/aromatic N) is 3. The molecular formula is C20H28Cl2IN5O. The normalized spacial score (nSPS) is 14.5. The molecule has 2 aromatic rings. The molecular weight excluding hydrogens is 524 g/mol. The van der Waals surface area contributed by atoms with Crippen molar-refractivity contribution in [2.75, 3.05) is 37.7 Å². The quantitative estimate of drug-likeness (QED) is 0.323. The second-order valence-electron chi connectivity index (χ2n) is 6.61. The number of benzene rings is 1. The zero-order valence-corrected chi connectivity index (χ0v) is 20.6. The Labute approximate surface area is 199 Å². The molecule has 0 unspecified atom stereocenters. The van der Waals surface area contributed by atoms with Gasteiger partial charge in [0, 0.05) is 38.1 Å². The molecule has 0 bridgehead atoms. The predicted molar refractivity (Wildman–Crippen MR) is 132 cm³/mol. The number of anilines is 1. The number of morpholine rings is 1. The third-order valence-corrected chi connectivity index (χ3v) is 5.59. The van der Waals surface area contributed by atoms with Gasteiger partial charge in [0.05, 0.1) is 31.3 Å². The Morgan fingerprint density at radius 2 is 1.90 bits per heavy atom. The lowest BCUT2D eigenvalue weighted by Crippen LogP contribution is -2.37. The van der Waals surface area contributed by atoms with Gasteiger partial charge in [0.15, 0.2) is 5.96 Å². The average Bonchev–Trinajstić information content (AvgIpc) is 2.97. The van der Waals surface area contributed by atoms with E-state index in [1.807, 2.05) is 17.7 Å². The zero-order valence-electron chi connectivity index (χ0n) is 16.8. The average molecular weight is 552 g/mol. The number of aliphatic imine (C=N–C) groups is 1. The Morgan fingerprint density at radius 3 is 2.55 bits per heavy atom. The van der Waals surface area contributed by atoms with Crippen LogP contribution in [0, 0.1) is 0 Å². The Hall–Kier alpha value is -1.16. The van der Waals surface area contributed by atoms with Crippen molar-refractivity contribution in [2.24, 2.45) is 12.0 Å². The lowest BCUT2D eigenvalue weighted by Gasteiger charge is -2.30. The summed E-state index contributed by atoms with van der Waals surface area (Å²) in [4.78, 5) is 7.14. The molecule has 6 nitrogen and oxygen atoms in total. The fourth-order valence-electron chi connectivity index (χ4n) is 3.20. The fourth-order valence-corrected chi connectivity index (χ4v) is 3.61. The Morgan fingerprint density at radius 1 is 1.17 bits per heavy atom. The van der Waals surface area contributed by atoms with Crippen molar-refractivity contribution in [3.05, 3.63) is 51.8 Å². The van der Waals surface area contributed by atoms with Gasteiger partial charge in [0.2, 0.25) is 0 Å². The van der Waals surface area contributed by atoms with Crippen LogP contribution in [0.2, 0.25) is 10.2 Å². The number of para-hydroxylation sites is 1. The van der Waals surface area contributed by atoms with Gasteiger partial charge in [-0.05, 0) is 24.6 Å². The molecule has 0 aliphatic carbocycles. The molecule has 1 aliphatic rings. The van der Waals surface area contributed by atoms with Crippen LogP contribution < -0.4 is 15.5 Å². The van der Waals surface area contributed by atoms with E-state index in [9.17, 15) is 0 Å². The number of nitrogens with one attached hydrogen (secondary N) is 2. The molecule has 0 spiro atoms. The molecule has 1 aromatic heterocycles. The van der Waals surface area contributed by atoms with Crippen LogP contribution in [0.4, 0.5) is 5.69 Å².